The van der Waals surface area contributed by atoms with Crippen molar-refractivity contribution >= 4 is 28.8 Å². The van der Waals surface area contributed by atoms with Gasteiger partial charge in [0.05, 0.1) is 42.5 Å². The summed E-state index contributed by atoms with van der Waals surface area (Å²) >= 11 is 6.28. The summed E-state index contributed by atoms with van der Waals surface area (Å²) < 4.78 is 36.2. The number of halogens is 3. The third-order valence-corrected chi connectivity index (χ3v) is 5.60. The highest BCUT2D eigenvalue weighted by Crippen LogP contribution is 2.41. The van der Waals surface area contributed by atoms with Gasteiger partial charge < -0.3 is 10.1 Å². The highest BCUT2D eigenvalue weighted by atomic mass is 35.5. The molecule has 0 saturated carbocycles. The minimum absolute atomic E-state index is 0.0295. The van der Waals surface area contributed by atoms with Gasteiger partial charge in [-0.3, -0.25) is 4.68 Å². The number of nitrogens with one attached hydrogen (secondary N) is 1. The van der Waals surface area contributed by atoms with Crippen molar-refractivity contribution in [3.05, 3.63) is 88.3 Å². The Balaban J connectivity index is 1.69. The van der Waals surface area contributed by atoms with Crippen LogP contribution in [0.1, 0.15) is 16.8 Å². The first-order chi connectivity index (χ1) is 15.9. The number of aromatic nitrogens is 3. The van der Waals surface area contributed by atoms with Gasteiger partial charge in [0, 0.05) is 5.56 Å². The van der Waals surface area contributed by atoms with Crippen LogP contribution in [0.15, 0.2) is 59.7 Å². The molecule has 2 aromatic carbocycles. The predicted octanol–water partition coefficient (Wildman–Crippen LogP) is 5.75. The zero-order valence-electron chi connectivity index (χ0n) is 17.7. The Hall–Kier alpha value is -3.78. The summed E-state index contributed by atoms with van der Waals surface area (Å²) in [6.07, 6.45) is 1.57. The molecular formula is C24H18ClF2N5O. The van der Waals surface area contributed by atoms with Crippen molar-refractivity contribution in [3.63, 3.8) is 0 Å². The molecule has 2 aromatic heterocycles. The lowest BCUT2D eigenvalue weighted by molar-refractivity contribution is 0.414. The quantitative estimate of drug-likeness (QED) is 0.390. The van der Waals surface area contributed by atoms with Crippen LogP contribution < -0.4 is 10.1 Å². The number of hydrogen-bond acceptors (Lipinski definition) is 5. The van der Waals surface area contributed by atoms with Gasteiger partial charge in [-0.15, -0.1) is 0 Å². The fourth-order valence-electron chi connectivity index (χ4n) is 3.85. The van der Waals surface area contributed by atoms with E-state index in [4.69, 9.17) is 16.3 Å². The monoisotopic (exact) mass is 465 g/mol. The largest absolute Gasteiger partial charge is 0.497 e. The number of aryl methyl sites for hydroxylation is 1. The van der Waals surface area contributed by atoms with Gasteiger partial charge in [0.2, 0.25) is 0 Å². The average Bonchev–Trinajstić information content (AvgIpc) is 3.09. The van der Waals surface area contributed by atoms with Crippen LogP contribution in [0.4, 0.5) is 20.2 Å². The number of fused-ring (bicyclic) bond motifs is 3. The van der Waals surface area contributed by atoms with E-state index >= 15 is 0 Å². The summed E-state index contributed by atoms with van der Waals surface area (Å²) in [4.78, 5) is 8.87. The molecule has 0 amide bonds. The summed E-state index contributed by atoms with van der Waals surface area (Å²) in [5.41, 5.74) is 3.64. The van der Waals surface area contributed by atoms with Gasteiger partial charge in [0.15, 0.2) is 0 Å². The highest BCUT2D eigenvalue weighted by molar-refractivity contribution is 6.30. The molecule has 0 atom stereocenters. The van der Waals surface area contributed by atoms with Crippen LogP contribution in [0.5, 0.6) is 5.75 Å². The van der Waals surface area contributed by atoms with E-state index in [1.807, 2.05) is 24.3 Å². The van der Waals surface area contributed by atoms with E-state index in [1.54, 1.807) is 31.0 Å². The van der Waals surface area contributed by atoms with E-state index in [-0.39, 0.29) is 16.6 Å². The second-order valence-corrected chi connectivity index (χ2v) is 7.91. The number of nitrogens with zero attached hydrogens (tertiary/aromatic N) is 4. The van der Waals surface area contributed by atoms with Gasteiger partial charge >= 0.3 is 0 Å². The van der Waals surface area contributed by atoms with Gasteiger partial charge in [-0.05, 0) is 42.8 Å². The summed E-state index contributed by atoms with van der Waals surface area (Å²) in [6.45, 7) is 2.21. The Morgan fingerprint density at radius 3 is 2.52 bits per heavy atom. The maximum atomic E-state index is 14.6. The molecule has 0 radical (unpaired) electrons. The van der Waals surface area contributed by atoms with Crippen molar-refractivity contribution in [1.82, 2.24) is 14.8 Å². The van der Waals surface area contributed by atoms with Crippen LogP contribution in [-0.2, 0) is 6.54 Å². The van der Waals surface area contributed by atoms with E-state index in [0.29, 0.717) is 34.9 Å². The van der Waals surface area contributed by atoms with E-state index < -0.39 is 11.6 Å². The summed E-state index contributed by atoms with van der Waals surface area (Å²) in [5, 5.41) is 7.88. The molecule has 33 heavy (non-hydrogen) atoms. The normalized spacial score (nSPS) is 12.3. The molecule has 1 N–H and O–H groups in total. The molecule has 6 nitrogen and oxygen atoms in total. The third-order valence-electron chi connectivity index (χ3n) is 5.41. The van der Waals surface area contributed by atoms with E-state index in [9.17, 15) is 8.78 Å². The molecular weight excluding hydrogens is 448 g/mol. The molecule has 0 saturated heterocycles. The number of aliphatic imine (C=N–C) groups is 1. The van der Waals surface area contributed by atoms with Crippen molar-refractivity contribution in [3.8, 4) is 17.0 Å². The van der Waals surface area contributed by atoms with Crippen molar-refractivity contribution < 1.29 is 13.5 Å². The number of benzene rings is 2. The first-order valence-corrected chi connectivity index (χ1v) is 10.5. The number of hydrogen-bond donors (Lipinski definition) is 1. The molecule has 166 valence electrons. The first kappa shape index (κ1) is 21.1. The minimum atomic E-state index is -0.726. The fraction of sp³-hybridized carbons (Fsp3) is 0.125. The second-order valence-electron chi connectivity index (χ2n) is 7.52. The zero-order valence-corrected chi connectivity index (χ0v) is 18.5. The summed E-state index contributed by atoms with van der Waals surface area (Å²) in [6, 6.07) is 13.0. The molecule has 0 fully saturated rings. The maximum Gasteiger partial charge on any atom is 0.144 e. The number of methoxy groups -OCH3 is 1. The standard InChI is InChI=1S/C24H18ClF2N5O/c1-13-22-16(10-20(25)29-13)23-19(30-24(31-22)21-17(26)4-3-5-18(21)27)11-28-32(23)12-14-6-8-15(33-2)9-7-14/h3-11H,12H2,1-2H3,(H,30,31). The molecule has 3 heterocycles. The Bertz CT molecular complexity index is 1380. The third kappa shape index (κ3) is 3.82. The SMILES string of the molecule is COc1ccc(Cn2ncc3c2-c2cc(Cl)nc(C)c2NC(c2c(F)cccc2F)=N3)cc1. The maximum absolute atomic E-state index is 14.6. The number of anilines is 1. The van der Waals surface area contributed by atoms with E-state index in [0.717, 1.165) is 11.3 Å². The van der Waals surface area contributed by atoms with Crippen molar-refractivity contribution in [2.45, 2.75) is 13.5 Å². The van der Waals surface area contributed by atoms with Crippen LogP contribution in [-0.4, -0.2) is 27.7 Å². The van der Waals surface area contributed by atoms with Crippen molar-refractivity contribution in [2.75, 3.05) is 12.4 Å². The summed E-state index contributed by atoms with van der Waals surface area (Å²) in [5.74, 6) is -0.669. The Labute approximate surface area is 193 Å². The lowest BCUT2D eigenvalue weighted by atomic mass is 10.1. The topological polar surface area (TPSA) is 64.3 Å². The van der Waals surface area contributed by atoms with Crippen LogP contribution in [0, 0.1) is 18.6 Å². The minimum Gasteiger partial charge on any atom is -0.497 e. The van der Waals surface area contributed by atoms with Crippen molar-refractivity contribution in [2.24, 2.45) is 4.99 Å². The van der Waals surface area contributed by atoms with Gasteiger partial charge in [0.25, 0.3) is 0 Å². The summed E-state index contributed by atoms with van der Waals surface area (Å²) in [7, 11) is 1.61. The Kier molecular flexibility index (Phi) is 5.30. The predicted molar refractivity (Wildman–Crippen MR) is 123 cm³/mol. The Morgan fingerprint density at radius 1 is 1.09 bits per heavy atom. The van der Waals surface area contributed by atoms with Gasteiger partial charge in [-0.1, -0.05) is 29.8 Å². The molecule has 9 heteroatoms. The number of amidine groups is 1. The number of rotatable bonds is 4. The molecule has 1 aliphatic rings. The average molecular weight is 466 g/mol. The lowest BCUT2D eigenvalue weighted by Gasteiger charge is -2.15. The smallest absolute Gasteiger partial charge is 0.144 e. The molecule has 0 spiro atoms. The van der Waals surface area contributed by atoms with Crippen LogP contribution in [0.2, 0.25) is 5.15 Å². The molecule has 0 bridgehead atoms. The molecule has 4 aromatic rings. The lowest BCUT2D eigenvalue weighted by Crippen LogP contribution is -2.18. The highest BCUT2D eigenvalue weighted by Gasteiger charge is 2.26. The zero-order chi connectivity index (χ0) is 23.1. The van der Waals surface area contributed by atoms with Crippen LogP contribution in [0.25, 0.3) is 11.3 Å². The number of ether oxygens (including phenoxy) is 1. The number of pyridine rings is 1. The fourth-order valence-corrected chi connectivity index (χ4v) is 4.08. The van der Waals surface area contributed by atoms with E-state index in [2.05, 4.69) is 20.4 Å². The Morgan fingerprint density at radius 2 is 1.82 bits per heavy atom. The van der Waals surface area contributed by atoms with Crippen LogP contribution in [0.3, 0.4) is 0 Å². The second kappa shape index (κ2) is 8.29. The molecule has 1 aliphatic heterocycles. The van der Waals surface area contributed by atoms with Gasteiger partial charge in [-0.25, -0.2) is 18.8 Å². The molecule has 5 rings (SSSR count). The molecule has 0 aliphatic carbocycles. The van der Waals surface area contributed by atoms with Gasteiger partial charge in [-0.2, -0.15) is 5.10 Å². The first-order valence-electron chi connectivity index (χ1n) is 10.1. The van der Waals surface area contributed by atoms with Gasteiger partial charge in [0.1, 0.15) is 34.1 Å². The molecule has 0 unspecified atom stereocenters. The van der Waals surface area contributed by atoms with Crippen molar-refractivity contribution in [1.29, 1.82) is 0 Å². The van der Waals surface area contributed by atoms with E-state index in [1.165, 1.54) is 18.2 Å². The van der Waals surface area contributed by atoms with Crippen LogP contribution >= 0.6 is 11.6 Å².